The highest BCUT2D eigenvalue weighted by molar-refractivity contribution is 5.96. The zero-order valence-corrected chi connectivity index (χ0v) is 15.2. The summed E-state index contributed by atoms with van der Waals surface area (Å²) in [4.78, 5) is 30.5. The van der Waals surface area contributed by atoms with Crippen LogP contribution in [0.2, 0.25) is 0 Å². The maximum Gasteiger partial charge on any atom is 0.419 e. The molecule has 27 heavy (non-hydrogen) atoms. The average Bonchev–Trinajstić information content (AvgIpc) is 3.15. The molecule has 2 heterocycles. The van der Waals surface area contributed by atoms with E-state index in [-0.39, 0.29) is 18.1 Å². The number of primary amides is 1. The van der Waals surface area contributed by atoms with Crippen LogP contribution in [0.25, 0.3) is 10.9 Å². The van der Waals surface area contributed by atoms with Crippen LogP contribution in [0.1, 0.15) is 36.8 Å². The third-order valence-corrected chi connectivity index (χ3v) is 3.77. The number of anilines is 1. The van der Waals surface area contributed by atoms with E-state index in [4.69, 9.17) is 10.5 Å². The summed E-state index contributed by atoms with van der Waals surface area (Å²) >= 11 is 0. The summed E-state index contributed by atoms with van der Waals surface area (Å²) in [5.74, 6) is -0.808. The Morgan fingerprint density at radius 2 is 2.11 bits per heavy atom. The Morgan fingerprint density at radius 3 is 2.78 bits per heavy atom. The number of H-pyrrole nitrogens is 1. The Balaban J connectivity index is 1.95. The number of benzene rings is 1. The highest BCUT2D eigenvalue weighted by atomic mass is 19.1. The number of ether oxygens (including phenoxy) is 1. The average molecular weight is 373 g/mol. The van der Waals surface area contributed by atoms with Gasteiger partial charge in [-0.2, -0.15) is 0 Å². The van der Waals surface area contributed by atoms with E-state index in [0.29, 0.717) is 16.5 Å². The topological polar surface area (TPSA) is 115 Å². The summed E-state index contributed by atoms with van der Waals surface area (Å²) in [6.07, 6.45) is 2.34. The SMILES string of the molecule is CC(C)(C)OC(=O)n1cc(CNc2nc[nH]c2C(N)=O)c2cc(F)ccc21. The van der Waals surface area contributed by atoms with Gasteiger partial charge in [-0.1, -0.05) is 0 Å². The van der Waals surface area contributed by atoms with Gasteiger partial charge >= 0.3 is 6.09 Å². The van der Waals surface area contributed by atoms with Gasteiger partial charge in [-0.3, -0.25) is 9.36 Å². The number of halogens is 1. The maximum absolute atomic E-state index is 13.8. The summed E-state index contributed by atoms with van der Waals surface area (Å²) in [7, 11) is 0. The van der Waals surface area contributed by atoms with E-state index < -0.39 is 23.4 Å². The van der Waals surface area contributed by atoms with Crippen molar-refractivity contribution < 1.29 is 18.7 Å². The van der Waals surface area contributed by atoms with Crippen molar-refractivity contribution in [1.82, 2.24) is 14.5 Å². The number of imidazole rings is 1. The fourth-order valence-corrected chi connectivity index (χ4v) is 2.67. The number of amides is 1. The lowest BCUT2D eigenvalue weighted by Gasteiger charge is -2.19. The molecule has 9 heteroatoms. The van der Waals surface area contributed by atoms with Crippen molar-refractivity contribution in [2.75, 3.05) is 5.32 Å². The highest BCUT2D eigenvalue weighted by Crippen LogP contribution is 2.25. The van der Waals surface area contributed by atoms with Gasteiger partial charge in [-0.25, -0.2) is 14.2 Å². The molecular formula is C18H20FN5O3. The molecule has 0 aliphatic heterocycles. The summed E-state index contributed by atoms with van der Waals surface area (Å²) in [6, 6.07) is 4.13. The van der Waals surface area contributed by atoms with Crippen molar-refractivity contribution in [3.05, 3.63) is 47.8 Å². The predicted molar refractivity (Wildman–Crippen MR) is 98.0 cm³/mol. The third kappa shape index (κ3) is 3.91. The van der Waals surface area contributed by atoms with Crippen LogP contribution in [-0.4, -0.2) is 32.1 Å². The van der Waals surface area contributed by atoms with Gasteiger partial charge in [-0.15, -0.1) is 0 Å². The van der Waals surface area contributed by atoms with Crippen molar-refractivity contribution >= 4 is 28.7 Å². The summed E-state index contributed by atoms with van der Waals surface area (Å²) in [5, 5.41) is 3.52. The number of carbonyl (C=O) groups excluding carboxylic acids is 2. The number of nitrogens with one attached hydrogen (secondary N) is 2. The molecule has 0 saturated heterocycles. The van der Waals surface area contributed by atoms with Gasteiger partial charge in [0, 0.05) is 18.1 Å². The van der Waals surface area contributed by atoms with E-state index in [1.165, 1.54) is 29.1 Å². The molecule has 0 atom stereocenters. The van der Waals surface area contributed by atoms with Gasteiger partial charge in [0.1, 0.15) is 17.1 Å². The normalized spacial score (nSPS) is 11.6. The Bertz CT molecular complexity index is 1020. The Labute approximate surface area is 154 Å². The largest absolute Gasteiger partial charge is 0.443 e. The lowest BCUT2D eigenvalue weighted by molar-refractivity contribution is 0.0544. The summed E-state index contributed by atoms with van der Waals surface area (Å²) < 4.78 is 20.5. The number of aromatic amines is 1. The number of rotatable bonds is 4. The van der Waals surface area contributed by atoms with Crippen LogP contribution < -0.4 is 11.1 Å². The van der Waals surface area contributed by atoms with Crippen molar-refractivity contribution in [1.29, 1.82) is 0 Å². The van der Waals surface area contributed by atoms with Crippen LogP contribution >= 0.6 is 0 Å². The van der Waals surface area contributed by atoms with Crippen LogP contribution in [-0.2, 0) is 11.3 Å². The van der Waals surface area contributed by atoms with E-state index in [0.717, 1.165) is 0 Å². The van der Waals surface area contributed by atoms with E-state index in [1.54, 1.807) is 27.0 Å². The molecule has 8 nitrogen and oxygen atoms in total. The molecule has 1 amide bonds. The van der Waals surface area contributed by atoms with Gasteiger partial charge < -0.3 is 20.8 Å². The number of fused-ring (bicyclic) bond motifs is 1. The smallest absolute Gasteiger partial charge is 0.419 e. The van der Waals surface area contributed by atoms with E-state index in [9.17, 15) is 14.0 Å². The number of nitrogens with zero attached hydrogens (tertiary/aromatic N) is 2. The summed E-state index contributed by atoms with van der Waals surface area (Å²) in [5.41, 5.74) is 5.89. The number of hydrogen-bond acceptors (Lipinski definition) is 5. The number of nitrogens with two attached hydrogens (primary N) is 1. The zero-order chi connectivity index (χ0) is 19.8. The van der Waals surface area contributed by atoms with Gasteiger partial charge in [0.2, 0.25) is 0 Å². The fourth-order valence-electron chi connectivity index (χ4n) is 2.67. The standard InChI is InChI=1S/C18H20FN5O3/c1-18(2,3)27-17(26)24-8-10(12-6-11(19)4-5-13(12)24)7-21-16-14(15(20)25)22-9-23-16/h4-6,8-9,21H,7H2,1-3H3,(H2,20,25)(H,22,23). The van der Waals surface area contributed by atoms with Crippen LogP contribution in [0.15, 0.2) is 30.7 Å². The second-order valence-electron chi connectivity index (χ2n) is 7.01. The van der Waals surface area contributed by atoms with Crippen LogP contribution in [0.3, 0.4) is 0 Å². The quantitative estimate of drug-likeness (QED) is 0.650. The van der Waals surface area contributed by atoms with Gasteiger partial charge in [0.25, 0.3) is 5.91 Å². The Kier molecular flexibility index (Phi) is 4.61. The number of hydrogen-bond donors (Lipinski definition) is 3. The first-order valence-corrected chi connectivity index (χ1v) is 8.25. The van der Waals surface area contributed by atoms with E-state index >= 15 is 0 Å². The molecule has 0 radical (unpaired) electrons. The minimum atomic E-state index is -0.669. The molecule has 1 aromatic carbocycles. The minimum absolute atomic E-state index is 0.136. The van der Waals surface area contributed by atoms with Crippen LogP contribution in [0.4, 0.5) is 15.0 Å². The first kappa shape index (κ1) is 18.4. The van der Waals surface area contributed by atoms with Gasteiger partial charge in [0.15, 0.2) is 5.82 Å². The molecule has 0 aliphatic carbocycles. The molecule has 0 aliphatic rings. The molecule has 0 spiro atoms. The van der Waals surface area contributed by atoms with Crippen LogP contribution in [0, 0.1) is 5.82 Å². The van der Waals surface area contributed by atoms with E-state index in [2.05, 4.69) is 15.3 Å². The van der Waals surface area contributed by atoms with Crippen molar-refractivity contribution in [3.8, 4) is 0 Å². The lowest BCUT2D eigenvalue weighted by atomic mass is 10.1. The third-order valence-electron chi connectivity index (χ3n) is 3.77. The molecule has 142 valence electrons. The Hall–Kier alpha value is -3.36. The summed E-state index contributed by atoms with van der Waals surface area (Å²) in [6.45, 7) is 5.49. The zero-order valence-electron chi connectivity index (χ0n) is 15.2. The molecule has 2 aromatic heterocycles. The molecular weight excluding hydrogens is 353 g/mol. The second kappa shape index (κ2) is 6.75. The van der Waals surface area contributed by atoms with Gasteiger partial charge in [-0.05, 0) is 44.5 Å². The van der Waals surface area contributed by atoms with Crippen molar-refractivity contribution in [3.63, 3.8) is 0 Å². The van der Waals surface area contributed by atoms with Crippen molar-refractivity contribution in [2.24, 2.45) is 5.73 Å². The second-order valence-corrected chi connectivity index (χ2v) is 7.01. The molecule has 0 saturated carbocycles. The fraction of sp³-hybridized carbons (Fsp3) is 0.278. The van der Waals surface area contributed by atoms with Crippen molar-refractivity contribution in [2.45, 2.75) is 32.9 Å². The molecule has 3 aromatic rings. The minimum Gasteiger partial charge on any atom is -0.443 e. The number of aromatic nitrogens is 3. The molecule has 0 unspecified atom stereocenters. The van der Waals surface area contributed by atoms with Crippen LogP contribution in [0.5, 0.6) is 0 Å². The molecule has 4 N–H and O–H groups in total. The number of carbonyl (C=O) groups is 2. The molecule has 3 rings (SSSR count). The molecule has 0 fully saturated rings. The highest BCUT2D eigenvalue weighted by Gasteiger charge is 2.21. The first-order valence-electron chi connectivity index (χ1n) is 8.25. The lowest BCUT2D eigenvalue weighted by Crippen LogP contribution is -2.26. The van der Waals surface area contributed by atoms with E-state index in [1.807, 2.05) is 0 Å². The maximum atomic E-state index is 13.8. The first-order chi connectivity index (χ1) is 12.7. The van der Waals surface area contributed by atoms with Gasteiger partial charge in [0.05, 0.1) is 11.8 Å². The monoisotopic (exact) mass is 373 g/mol. The Morgan fingerprint density at radius 1 is 1.37 bits per heavy atom. The molecule has 0 bridgehead atoms. The predicted octanol–water partition coefficient (Wildman–Crippen LogP) is 3.00.